The van der Waals surface area contributed by atoms with Gasteiger partial charge in [-0.15, -0.1) is 0 Å². The van der Waals surface area contributed by atoms with Crippen molar-refractivity contribution in [3.8, 4) is 0 Å². The highest BCUT2D eigenvalue weighted by Gasteiger charge is 2.47. The van der Waals surface area contributed by atoms with Crippen molar-refractivity contribution in [2.45, 2.75) is 50.0 Å². The SMILES string of the molecule is F[C@@]12[B]N3CCN(CCN(C1)C([B]C1=NN=CC4CCCCCCC14)C3)C2. The van der Waals surface area contributed by atoms with Crippen LogP contribution in [0.15, 0.2) is 10.2 Å². The van der Waals surface area contributed by atoms with Crippen molar-refractivity contribution in [3.63, 3.8) is 0 Å². The molecule has 5 aliphatic rings. The van der Waals surface area contributed by atoms with Gasteiger partial charge in [0.1, 0.15) is 5.57 Å². The van der Waals surface area contributed by atoms with Gasteiger partial charge in [0.15, 0.2) is 7.28 Å². The van der Waals surface area contributed by atoms with Crippen molar-refractivity contribution in [1.82, 2.24) is 14.6 Å². The molecule has 6 unspecified atom stereocenters. The average Bonchev–Trinajstić information content (AvgIpc) is 2.92. The van der Waals surface area contributed by atoms with Crippen LogP contribution in [0, 0.1) is 11.8 Å². The molecule has 5 nitrogen and oxygen atoms in total. The van der Waals surface area contributed by atoms with Gasteiger partial charge in [0, 0.05) is 50.5 Å². The minimum Gasteiger partial charge on any atom is -0.342 e. The van der Waals surface area contributed by atoms with Gasteiger partial charge in [-0.3, -0.25) is 4.90 Å². The normalized spacial score (nSPS) is 46.8. The van der Waals surface area contributed by atoms with E-state index < -0.39 is 5.57 Å². The molecule has 144 valence electrons. The first kappa shape index (κ1) is 18.3. The van der Waals surface area contributed by atoms with Crippen LogP contribution in [-0.2, 0) is 0 Å². The van der Waals surface area contributed by atoms with E-state index in [-0.39, 0.29) is 5.94 Å². The number of nitrogens with zero attached hydrogens (tertiary/aromatic N) is 5. The highest BCUT2D eigenvalue weighted by Crippen LogP contribution is 2.31. The van der Waals surface area contributed by atoms with Crippen LogP contribution in [-0.4, -0.2) is 98.5 Å². The maximum Gasteiger partial charge on any atom is 0.259 e. The van der Waals surface area contributed by atoms with Crippen molar-refractivity contribution in [3.05, 3.63) is 0 Å². The van der Waals surface area contributed by atoms with Crippen molar-refractivity contribution < 1.29 is 4.39 Å². The second-order valence-corrected chi connectivity index (χ2v) is 9.19. The van der Waals surface area contributed by atoms with Gasteiger partial charge in [0.2, 0.25) is 0 Å². The second kappa shape index (κ2) is 7.60. The molecule has 3 saturated heterocycles. The van der Waals surface area contributed by atoms with Gasteiger partial charge in [0.05, 0.1) is 0 Å². The van der Waals surface area contributed by atoms with Crippen molar-refractivity contribution >= 4 is 26.5 Å². The summed E-state index contributed by atoms with van der Waals surface area (Å²) >= 11 is 0. The van der Waals surface area contributed by atoms with Gasteiger partial charge in [-0.05, 0) is 37.8 Å². The molecule has 7 atom stereocenters. The number of hydrogen-bond acceptors (Lipinski definition) is 5. The van der Waals surface area contributed by atoms with Crippen LogP contribution in [0.4, 0.5) is 4.39 Å². The Morgan fingerprint density at radius 1 is 1.07 bits per heavy atom. The molecule has 1 aliphatic carbocycles. The summed E-state index contributed by atoms with van der Waals surface area (Å²) in [6, 6.07) is 0. The number of alkyl halides is 1. The smallest absolute Gasteiger partial charge is 0.259 e. The predicted octanol–water partition coefficient (Wildman–Crippen LogP) is 1.23. The third-order valence-corrected chi connectivity index (χ3v) is 7.16. The van der Waals surface area contributed by atoms with E-state index in [9.17, 15) is 0 Å². The Labute approximate surface area is 163 Å². The zero-order valence-corrected chi connectivity index (χ0v) is 16.3. The number of hydrogen-bond donors (Lipinski definition) is 0. The minimum atomic E-state index is -1.22. The Morgan fingerprint density at radius 2 is 1.93 bits per heavy atom. The van der Waals surface area contributed by atoms with E-state index in [0.29, 0.717) is 24.9 Å². The van der Waals surface area contributed by atoms with Gasteiger partial charge in [0.25, 0.3) is 7.41 Å². The summed E-state index contributed by atoms with van der Waals surface area (Å²) in [7, 11) is 4.24. The van der Waals surface area contributed by atoms with Crippen molar-refractivity contribution in [2.75, 3.05) is 45.8 Å². The topological polar surface area (TPSA) is 34.4 Å². The Balaban J connectivity index is 1.36. The second-order valence-electron chi connectivity index (χ2n) is 9.19. The van der Waals surface area contributed by atoms with E-state index in [4.69, 9.17) is 0 Å². The fourth-order valence-electron chi connectivity index (χ4n) is 5.73. The highest BCUT2D eigenvalue weighted by molar-refractivity contribution is 6.77. The summed E-state index contributed by atoms with van der Waals surface area (Å²) < 4.78 is 15.5. The third kappa shape index (κ3) is 3.90. The molecule has 2 radical (unpaired) electrons. The van der Waals surface area contributed by atoms with Gasteiger partial charge in [-0.25, -0.2) is 4.39 Å². The summed E-state index contributed by atoms with van der Waals surface area (Å²) in [6.07, 6.45) is 9.83. The Bertz CT molecular complexity index is 617. The monoisotopic (exact) mass is 369 g/mol. The van der Waals surface area contributed by atoms with E-state index in [1.165, 1.54) is 44.1 Å². The summed E-state index contributed by atoms with van der Waals surface area (Å²) in [6.45, 7) is 5.74. The minimum absolute atomic E-state index is 0.232. The van der Waals surface area contributed by atoms with E-state index in [2.05, 4.69) is 38.3 Å². The maximum absolute atomic E-state index is 15.5. The molecular formula is C19H30B2FN5. The summed E-state index contributed by atoms with van der Waals surface area (Å²) in [5.41, 5.74) is -0.0497. The van der Waals surface area contributed by atoms with Crippen LogP contribution in [0.25, 0.3) is 0 Å². The zero-order chi connectivity index (χ0) is 18.3. The average molecular weight is 369 g/mol. The van der Waals surface area contributed by atoms with Crippen LogP contribution < -0.4 is 0 Å². The molecule has 1 saturated carbocycles. The molecule has 0 N–H and O–H groups in total. The first-order chi connectivity index (χ1) is 13.2. The standard InChI is InChI=1S/C19H30B2FN5/c22-19-13-25-7-9-26(14-19)17(12-27(21-19)10-8-25)20-18-16-6-4-2-1-3-5-15(16)11-23-24-18/h11,15-17H,1-10,12-14H2/t15?,16?,17?,19-/m1/s1. The molecular weight excluding hydrogens is 339 g/mol. The number of fused-ring (bicyclic) bond motifs is 4. The lowest BCUT2D eigenvalue weighted by atomic mass is 9.56. The molecule has 4 heterocycles. The lowest BCUT2D eigenvalue weighted by Gasteiger charge is -2.35. The van der Waals surface area contributed by atoms with E-state index >= 15 is 4.39 Å². The number of rotatable bonds is 2. The molecule has 4 bridgehead atoms. The molecule has 0 aromatic heterocycles. The molecule has 0 aromatic carbocycles. The molecule has 8 heteroatoms. The Hall–Kier alpha value is -0.720. The highest BCUT2D eigenvalue weighted by atomic mass is 19.1. The maximum atomic E-state index is 15.5. The number of halogens is 1. The Kier molecular flexibility index (Phi) is 5.16. The largest absolute Gasteiger partial charge is 0.342 e. The predicted molar refractivity (Wildman–Crippen MR) is 109 cm³/mol. The molecule has 0 aromatic rings. The lowest BCUT2D eigenvalue weighted by molar-refractivity contribution is 0.160. The van der Waals surface area contributed by atoms with Gasteiger partial charge < -0.3 is 9.71 Å². The van der Waals surface area contributed by atoms with Crippen LogP contribution in [0.3, 0.4) is 0 Å². The van der Waals surface area contributed by atoms with E-state index in [0.717, 1.165) is 32.7 Å². The van der Waals surface area contributed by atoms with Crippen LogP contribution in [0.2, 0.25) is 0 Å². The van der Waals surface area contributed by atoms with Crippen molar-refractivity contribution in [2.24, 2.45) is 22.0 Å². The first-order valence-corrected chi connectivity index (χ1v) is 10.9. The van der Waals surface area contributed by atoms with Crippen LogP contribution >= 0.6 is 0 Å². The van der Waals surface area contributed by atoms with E-state index in [1.807, 2.05) is 7.41 Å². The summed E-state index contributed by atoms with van der Waals surface area (Å²) in [5, 5.41) is 8.96. The summed E-state index contributed by atoms with van der Waals surface area (Å²) in [4.78, 5) is 6.89. The van der Waals surface area contributed by atoms with Crippen LogP contribution in [0.5, 0.6) is 0 Å². The fraction of sp³-hybridized carbons (Fsp3) is 0.895. The quantitative estimate of drug-likeness (QED) is 0.687. The van der Waals surface area contributed by atoms with E-state index in [1.54, 1.807) is 0 Å². The first-order valence-electron chi connectivity index (χ1n) is 10.9. The Morgan fingerprint density at radius 3 is 2.85 bits per heavy atom. The molecule has 27 heavy (non-hydrogen) atoms. The van der Waals surface area contributed by atoms with Gasteiger partial charge in [-0.2, -0.15) is 10.2 Å². The van der Waals surface area contributed by atoms with Gasteiger partial charge >= 0.3 is 0 Å². The zero-order valence-electron chi connectivity index (χ0n) is 16.3. The van der Waals surface area contributed by atoms with Crippen LogP contribution in [0.1, 0.15) is 38.5 Å². The molecule has 0 spiro atoms. The molecule has 5 rings (SSSR count). The molecule has 0 amide bonds. The van der Waals surface area contributed by atoms with Crippen molar-refractivity contribution in [1.29, 1.82) is 0 Å². The molecule has 4 fully saturated rings. The summed E-state index contributed by atoms with van der Waals surface area (Å²) in [5.74, 6) is 1.28. The third-order valence-electron chi connectivity index (χ3n) is 7.16. The van der Waals surface area contributed by atoms with Gasteiger partial charge in [-0.1, -0.05) is 25.7 Å². The molecule has 4 aliphatic heterocycles. The fourth-order valence-corrected chi connectivity index (χ4v) is 5.73. The lowest BCUT2D eigenvalue weighted by Crippen LogP contribution is -2.51.